The summed E-state index contributed by atoms with van der Waals surface area (Å²) >= 11 is 3.44. The topological polar surface area (TPSA) is 9.23 Å². The summed E-state index contributed by atoms with van der Waals surface area (Å²) in [6, 6.07) is 6.29. The van der Waals surface area contributed by atoms with E-state index in [1.807, 2.05) is 6.07 Å². The van der Waals surface area contributed by atoms with Crippen molar-refractivity contribution in [2.45, 2.75) is 25.2 Å². The van der Waals surface area contributed by atoms with Crippen LogP contribution in [-0.2, 0) is 5.41 Å². The first-order chi connectivity index (χ1) is 6.15. The van der Waals surface area contributed by atoms with Crippen LogP contribution >= 0.6 is 15.9 Å². The van der Waals surface area contributed by atoms with Crippen molar-refractivity contribution in [2.75, 3.05) is 7.11 Å². The molecule has 0 aliphatic heterocycles. The van der Waals surface area contributed by atoms with Crippen LogP contribution in [0.2, 0.25) is 0 Å². The van der Waals surface area contributed by atoms with Gasteiger partial charge in [-0.3, -0.25) is 0 Å². The number of ether oxygens (including phenoxy) is 1. The van der Waals surface area contributed by atoms with Crippen LogP contribution in [0.1, 0.15) is 25.3 Å². The van der Waals surface area contributed by atoms with E-state index in [0.717, 1.165) is 10.2 Å². The molecule has 0 aromatic heterocycles. The van der Waals surface area contributed by atoms with Gasteiger partial charge in [0.25, 0.3) is 0 Å². The highest BCUT2D eigenvalue weighted by Gasteiger charge is 2.41. The molecular weight excluding hydrogens is 228 g/mol. The Morgan fingerprint density at radius 2 is 2.08 bits per heavy atom. The summed E-state index contributed by atoms with van der Waals surface area (Å²) in [5.74, 6) is 1.01. The zero-order valence-electron chi connectivity index (χ0n) is 7.93. The van der Waals surface area contributed by atoms with E-state index in [-0.39, 0.29) is 0 Å². The van der Waals surface area contributed by atoms with Crippen LogP contribution in [0.3, 0.4) is 0 Å². The molecule has 1 saturated carbocycles. The van der Waals surface area contributed by atoms with E-state index < -0.39 is 0 Å². The zero-order chi connectivity index (χ0) is 9.47. The second-order valence-corrected chi connectivity index (χ2v) is 4.82. The molecule has 0 heterocycles. The highest BCUT2D eigenvalue weighted by molar-refractivity contribution is 9.10. The monoisotopic (exact) mass is 240 g/mol. The van der Waals surface area contributed by atoms with E-state index in [2.05, 4.69) is 35.0 Å². The van der Waals surface area contributed by atoms with Crippen LogP contribution in [0.15, 0.2) is 22.7 Å². The van der Waals surface area contributed by atoms with E-state index in [9.17, 15) is 0 Å². The summed E-state index contributed by atoms with van der Waals surface area (Å²) in [5.41, 5.74) is 1.73. The lowest BCUT2D eigenvalue weighted by Crippen LogP contribution is -2.02. The maximum atomic E-state index is 5.36. The van der Waals surface area contributed by atoms with Crippen molar-refractivity contribution in [3.05, 3.63) is 28.2 Å². The molecule has 0 spiro atoms. The molecule has 1 fully saturated rings. The van der Waals surface area contributed by atoms with Gasteiger partial charge in [0.2, 0.25) is 0 Å². The Morgan fingerprint density at radius 1 is 1.38 bits per heavy atom. The molecule has 70 valence electrons. The summed E-state index contributed by atoms with van der Waals surface area (Å²) in [5, 5.41) is 0. The van der Waals surface area contributed by atoms with Gasteiger partial charge >= 0.3 is 0 Å². The van der Waals surface area contributed by atoms with E-state index in [1.165, 1.54) is 18.4 Å². The fourth-order valence-electron chi connectivity index (χ4n) is 1.62. The van der Waals surface area contributed by atoms with Crippen LogP contribution in [0.5, 0.6) is 5.75 Å². The van der Waals surface area contributed by atoms with E-state index >= 15 is 0 Å². The van der Waals surface area contributed by atoms with Crippen molar-refractivity contribution < 1.29 is 4.74 Å². The molecule has 2 rings (SSSR count). The fourth-order valence-corrected chi connectivity index (χ4v) is 1.96. The molecule has 1 aromatic carbocycles. The minimum absolute atomic E-state index is 0.381. The van der Waals surface area contributed by atoms with E-state index in [1.54, 1.807) is 7.11 Å². The molecule has 0 unspecified atom stereocenters. The van der Waals surface area contributed by atoms with Gasteiger partial charge in [-0.1, -0.05) is 28.9 Å². The minimum Gasteiger partial charge on any atom is -0.496 e. The summed E-state index contributed by atoms with van der Waals surface area (Å²) < 4.78 is 6.44. The van der Waals surface area contributed by atoms with Crippen molar-refractivity contribution in [1.29, 1.82) is 0 Å². The fraction of sp³-hybridized carbons (Fsp3) is 0.455. The van der Waals surface area contributed by atoms with Gasteiger partial charge in [0.05, 0.1) is 7.11 Å². The molecule has 1 aromatic rings. The van der Waals surface area contributed by atoms with Gasteiger partial charge in [0.15, 0.2) is 0 Å². The Kier molecular flexibility index (Phi) is 2.11. The number of rotatable bonds is 2. The van der Waals surface area contributed by atoms with Crippen LogP contribution in [-0.4, -0.2) is 7.11 Å². The molecule has 0 saturated heterocycles. The lowest BCUT2D eigenvalue weighted by atomic mass is 9.97. The third kappa shape index (κ3) is 1.60. The Bertz CT molecular complexity index is 329. The number of hydrogen-bond acceptors (Lipinski definition) is 1. The summed E-state index contributed by atoms with van der Waals surface area (Å²) in [6.07, 6.45) is 2.57. The van der Waals surface area contributed by atoms with Crippen molar-refractivity contribution in [3.8, 4) is 5.75 Å². The van der Waals surface area contributed by atoms with Gasteiger partial charge in [0.1, 0.15) is 5.75 Å². The van der Waals surface area contributed by atoms with Crippen molar-refractivity contribution in [1.82, 2.24) is 0 Å². The molecule has 1 nitrogen and oxygen atoms in total. The molecule has 13 heavy (non-hydrogen) atoms. The van der Waals surface area contributed by atoms with Gasteiger partial charge < -0.3 is 4.74 Å². The smallest absolute Gasteiger partial charge is 0.123 e. The first-order valence-electron chi connectivity index (χ1n) is 4.50. The summed E-state index contributed by atoms with van der Waals surface area (Å²) in [7, 11) is 1.73. The molecule has 1 aliphatic carbocycles. The first-order valence-corrected chi connectivity index (χ1v) is 5.29. The third-order valence-corrected chi connectivity index (χ3v) is 3.31. The number of methoxy groups -OCH3 is 1. The standard InChI is InChI=1S/C11H13BrO/c1-11(5-6-11)9-4-3-8(12)7-10(9)13-2/h3-4,7H,5-6H2,1-2H3. The van der Waals surface area contributed by atoms with Gasteiger partial charge in [-0.25, -0.2) is 0 Å². The zero-order valence-corrected chi connectivity index (χ0v) is 9.52. The summed E-state index contributed by atoms with van der Waals surface area (Å²) in [4.78, 5) is 0. The predicted octanol–water partition coefficient (Wildman–Crippen LogP) is 3.51. The quantitative estimate of drug-likeness (QED) is 0.769. The lowest BCUT2D eigenvalue weighted by Gasteiger charge is -2.13. The lowest BCUT2D eigenvalue weighted by molar-refractivity contribution is 0.405. The van der Waals surface area contributed by atoms with E-state index in [4.69, 9.17) is 4.74 Å². The Hall–Kier alpha value is -0.500. The number of hydrogen-bond donors (Lipinski definition) is 0. The average Bonchev–Trinajstić information content (AvgIpc) is 2.84. The van der Waals surface area contributed by atoms with Crippen molar-refractivity contribution in [2.24, 2.45) is 0 Å². The molecule has 0 N–H and O–H groups in total. The molecule has 0 radical (unpaired) electrons. The normalized spacial score (nSPS) is 18.4. The molecule has 0 amide bonds. The van der Waals surface area contributed by atoms with Gasteiger partial charge in [-0.2, -0.15) is 0 Å². The molecule has 2 heteroatoms. The maximum Gasteiger partial charge on any atom is 0.123 e. The number of benzene rings is 1. The highest BCUT2D eigenvalue weighted by Crippen LogP contribution is 2.51. The van der Waals surface area contributed by atoms with E-state index in [0.29, 0.717) is 5.41 Å². The minimum atomic E-state index is 0.381. The van der Waals surface area contributed by atoms with Crippen LogP contribution in [0, 0.1) is 0 Å². The van der Waals surface area contributed by atoms with Gasteiger partial charge in [-0.05, 0) is 30.4 Å². The number of halogens is 1. The second-order valence-electron chi connectivity index (χ2n) is 3.91. The van der Waals surface area contributed by atoms with Crippen molar-refractivity contribution in [3.63, 3.8) is 0 Å². The van der Waals surface area contributed by atoms with Crippen LogP contribution in [0.4, 0.5) is 0 Å². The van der Waals surface area contributed by atoms with Gasteiger partial charge in [0, 0.05) is 10.0 Å². The SMILES string of the molecule is COc1cc(Br)ccc1C1(C)CC1. The highest BCUT2D eigenvalue weighted by atomic mass is 79.9. The first kappa shape index (κ1) is 9.07. The molecule has 0 atom stereocenters. The van der Waals surface area contributed by atoms with Crippen LogP contribution in [0.25, 0.3) is 0 Å². The largest absolute Gasteiger partial charge is 0.496 e. The maximum absolute atomic E-state index is 5.36. The van der Waals surface area contributed by atoms with Crippen LogP contribution < -0.4 is 4.74 Å². The third-order valence-electron chi connectivity index (χ3n) is 2.81. The Morgan fingerprint density at radius 3 is 2.62 bits per heavy atom. The molecular formula is C11H13BrO. The van der Waals surface area contributed by atoms with Gasteiger partial charge in [-0.15, -0.1) is 0 Å². The molecule has 0 bridgehead atoms. The summed E-state index contributed by atoms with van der Waals surface area (Å²) in [6.45, 7) is 2.29. The second kappa shape index (κ2) is 3.02. The average molecular weight is 241 g/mol. The Balaban J connectivity index is 2.45. The Labute approximate surface area is 87.2 Å². The molecule has 1 aliphatic rings. The van der Waals surface area contributed by atoms with Crippen molar-refractivity contribution >= 4 is 15.9 Å². The predicted molar refractivity (Wildman–Crippen MR) is 57.3 cm³/mol.